The van der Waals surface area contributed by atoms with Crippen molar-refractivity contribution in [1.82, 2.24) is 0 Å². The largest absolute Gasteiger partial charge is 0.295 e. The highest BCUT2D eigenvalue weighted by molar-refractivity contribution is 5.91. The first-order chi connectivity index (χ1) is 13.9. The first-order valence-corrected chi connectivity index (χ1v) is 12.0. The topological polar surface area (TPSA) is 34.1 Å². The van der Waals surface area contributed by atoms with Crippen molar-refractivity contribution in [3.05, 3.63) is 35.5 Å². The van der Waals surface area contributed by atoms with Crippen LogP contribution in [0.15, 0.2) is 35.5 Å². The molecule has 0 aliphatic heterocycles. The van der Waals surface area contributed by atoms with Crippen molar-refractivity contribution >= 4 is 11.6 Å². The molecule has 0 aromatic carbocycles. The SMILES string of the molecule is CC/C=C\CCC1CC(=O)C=C(C)C1.CCCCCCCC1CC(=O)C=C(C)C1. The number of rotatable bonds is 10. The molecule has 2 unspecified atom stereocenters. The Morgan fingerprint density at radius 1 is 0.759 bits per heavy atom. The molecule has 0 saturated carbocycles. The molecule has 0 aromatic heterocycles. The van der Waals surface area contributed by atoms with Crippen LogP contribution in [0.3, 0.4) is 0 Å². The first-order valence-electron chi connectivity index (χ1n) is 12.0. The van der Waals surface area contributed by atoms with Crippen LogP contribution in [0.4, 0.5) is 0 Å². The van der Waals surface area contributed by atoms with Gasteiger partial charge in [-0.15, -0.1) is 0 Å². The van der Waals surface area contributed by atoms with Crippen molar-refractivity contribution in [2.24, 2.45) is 11.8 Å². The van der Waals surface area contributed by atoms with Gasteiger partial charge in [0.25, 0.3) is 0 Å². The number of carbonyl (C=O) groups is 2. The van der Waals surface area contributed by atoms with Gasteiger partial charge < -0.3 is 0 Å². The maximum Gasteiger partial charge on any atom is 0.155 e. The summed E-state index contributed by atoms with van der Waals surface area (Å²) in [7, 11) is 0. The molecule has 2 heteroatoms. The molecule has 2 aliphatic carbocycles. The second kappa shape index (κ2) is 15.4. The fourth-order valence-corrected chi connectivity index (χ4v) is 4.47. The third kappa shape index (κ3) is 12.7. The molecule has 0 N–H and O–H groups in total. The molecule has 0 heterocycles. The molecule has 29 heavy (non-hydrogen) atoms. The highest BCUT2D eigenvalue weighted by Crippen LogP contribution is 2.27. The van der Waals surface area contributed by atoms with E-state index >= 15 is 0 Å². The van der Waals surface area contributed by atoms with E-state index in [2.05, 4.69) is 39.8 Å². The van der Waals surface area contributed by atoms with Gasteiger partial charge in [0.15, 0.2) is 11.6 Å². The molecule has 2 atom stereocenters. The molecule has 0 aromatic rings. The van der Waals surface area contributed by atoms with Crippen molar-refractivity contribution in [1.29, 1.82) is 0 Å². The third-order valence-electron chi connectivity index (χ3n) is 5.88. The molecule has 0 bridgehead atoms. The molecule has 0 spiro atoms. The molecule has 0 saturated heterocycles. The zero-order valence-corrected chi connectivity index (χ0v) is 19.5. The monoisotopic (exact) mass is 400 g/mol. The quantitative estimate of drug-likeness (QED) is 0.275. The van der Waals surface area contributed by atoms with Crippen LogP contribution in [-0.2, 0) is 9.59 Å². The summed E-state index contributed by atoms with van der Waals surface area (Å²) in [4.78, 5) is 22.6. The van der Waals surface area contributed by atoms with Crippen LogP contribution in [0, 0.1) is 11.8 Å². The zero-order chi connectivity index (χ0) is 21.5. The van der Waals surface area contributed by atoms with Gasteiger partial charge in [0.2, 0.25) is 0 Å². The average molecular weight is 401 g/mol. The fourth-order valence-electron chi connectivity index (χ4n) is 4.47. The van der Waals surface area contributed by atoms with E-state index < -0.39 is 0 Å². The second-order valence-electron chi connectivity index (χ2n) is 9.12. The minimum absolute atomic E-state index is 0.318. The molecular weight excluding hydrogens is 356 g/mol. The molecule has 2 rings (SSSR count). The lowest BCUT2D eigenvalue weighted by molar-refractivity contribution is -0.116. The first kappa shape index (κ1) is 25.6. The van der Waals surface area contributed by atoms with Gasteiger partial charge in [-0.25, -0.2) is 0 Å². The van der Waals surface area contributed by atoms with Crippen molar-refractivity contribution in [2.45, 2.75) is 111 Å². The van der Waals surface area contributed by atoms with Crippen LogP contribution in [0.5, 0.6) is 0 Å². The Morgan fingerprint density at radius 3 is 1.83 bits per heavy atom. The summed E-state index contributed by atoms with van der Waals surface area (Å²) in [6.07, 6.45) is 23.2. The van der Waals surface area contributed by atoms with Crippen molar-refractivity contribution in [3.63, 3.8) is 0 Å². The molecule has 2 nitrogen and oxygen atoms in total. The van der Waals surface area contributed by atoms with Crippen LogP contribution >= 0.6 is 0 Å². The van der Waals surface area contributed by atoms with Gasteiger partial charge in [0.1, 0.15) is 0 Å². The Labute approximate surface area is 179 Å². The van der Waals surface area contributed by atoms with Gasteiger partial charge in [-0.3, -0.25) is 9.59 Å². The normalized spacial score (nSPS) is 22.2. The average Bonchev–Trinajstić information content (AvgIpc) is 2.64. The van der Waals surface area contributed by atoms with Crippen LogP contribution in [0.25, 0.3) is 0 Å². The standard InChI is InChI=1S/C14H24O.C13H20O/c1-3-4-5-6-7-8-13-9-12(2)10-14(15)11-13;1-3-4-5-6-7-12-8-11(2)9-13(14)10-12/h10,13H,3-9,11H2,1-2H3;4-5,9,12H,3,6-8,10H2,1-2H3/b;5-4-. The van der Waals surface area contributed by atoms with Gasteiger partial charge in [-0.05, 0) is 76.4 Å². The number of carbonyl (C=O) groups excluding carboxylic acids is 2. The van der Waals surface area contributed by atoms with Crippen molar-refractivity contribution < 1.29 is 9.59 Å². The van der Waals surface area contributed by atoms with Gasteiger partial charge >= 0.3 is 0 Å². The van der Waals surface area contributed by atoms with E-state index in [1.54, 1.807) is 6.08 Å². The molecule has 0 radical (unpaired) electrons. The molecule has 0 fully saturated rings. The summed E-state index contributed by atoms with van der Waals surface area (Å²) in [5.41, 5.74) is 2.54. The van der Waals surface area contributed by atoms with Crippen LogP contribution in [0.2, 0.25) is 0 Å². The van der Waals surface area contributed by atoms with Crippen LogP contribution in [-0.4, -0.2) is 11.6 Å². The van der Waals surface area contributed by atoms with Crippen LogP contribution < -0.4 is 0 Å². The molecular formula is C27H44O2. The Kier molecular flexibility index (Phi) is 13.6. The molecule has 2 aliphatic rings. The summed E-state index contributed by atoms with van der Waals surface area (Å²) in [5, 5.41) is 0. The highest BCUT2D eigenvalue weighted by Gasteiger charge is 2.18. The lowest BCUT2D eigenvalue weighted by Crippen LogP contribution is -2.13. The van der Waals surface area contributed by atoms with E-state index in [0.29, 0.717) is 23.4 Å². The number of hydrogen-bond donors (Lipinski definition) is 0. The number of ketones is 2. The highest BCUT2D eigenvalue weighted by atomic mass is 16.1. The Bertz CT molecular complexity index is 579. The Hall–Kier alpha value is -1.44. The number of hydrogen-bond acceptors (Lipinski definition) is 2. The zero-order valence-electron chi connectivity index (χ0n) is 19.5. The lowest BCUT2D eigenvalue weighted by atomic mass is 9.85. The Morgan fingerprint density at radius 2 is 1.31 bits per heavy atom. The van der Waals surface area contributed by atoms with E-state index in [4.69, 9.17) is 0 Å². The van der Waals surface area contributed by atoms with Crippen molar-refractivity contribution in [3.8, 4) is 0 Å². The van der Waals surface area contributed by atoms with Crippen LogP contribution in [0.1, 0.15) is 111 Å². The smallest absolute Gasteiger partial charge is 0.155 e. The predicted molar refractivity (Wildman–Crippen MR) is 125 cm³/mol. The third-order valence-corrected chi connectivity index (χ3v) is 5.88. The summed E-state index contributed by atoms with van der Waals surface area (Å²) >= 11 is 0. The van der Waals surface area contributed by atoms with E-state index in [-0.39, 0.29) is 0 Å². The number of unbranched alkanes of at least 4 members (excludes halogenated alkanes) is 4. The minimum Gasteiger partial charge on any atom is -0.295 e. The second-order valence-corrected chi connectivity index (χ2v) is 9.12. The van der Waals surface area contributed by atoms with Crippen molar-refractivity contribution in [2.75, 3.05) is 0 Å². The Balaban J connectivity index is 0.000000291. The molecule has 0 amide bonds. The lowest BCUT2D eigenvalue weighted by Gasteiger charge is -2.19. The van der Waals surface area contributed by atoms with E-state index in [9.17, 15) is 9.59 Å². The van der Waals surface area contributed by atoms with E-state index in [1.807, 2.05) is 6.08 Å². The summed E-state index contributed by atoms with van der Waals surface area (Å²) in [5.74, 6) is 1.90. The minimum atomic E-state index is 0.318. The summed E-state index contributed by atoms with van der Waals surface area (Å²) in [6, 6.07) is 0. The van der Waals surface area contributed by atoms with E-state index in [0.717, 1.165) is 44.9 Å². The maximum absolute atomic E-state index is 11.3. The van der Waals surface area contributed by atoms with Gasteiger partial charge in [-0.1, -0.05) is 69.2 Å². The summed E-state index contributed by atoms with van der Waals surface area (Å²) in [6.45, 7) is 8.54. The number of allylic oxidation sites excluding steroid dienone is 6. The van der Waals surface area contributed by atoms with Gasteiger partial charge in [-0.2, -0.15) is 0 Å². The molecule has 164 valence electrons. The predicted octanol–water partition coefficient (Wildman–Crippen LogP) is 7.93. The van der Waals surface area contributed by atoms with Gasteiger partial charge in [0, 0.05) is 12.8 Å². The van der Waals surface area contributed by atoms with E-state index in [1.165, 1.54) is 49.7 Å². The maximum atomic E-state index is 11.3. The van der Waals surface area contributed by atoms with Gasteiger partial charge in [0.05, 0.1) is 0 Å². The summed E-state index contributed by atoms with van der Waals surface area (Å²) < 4.78 is 0. The fraction of sp³-hybridized carbons (Fsp3) is 0.704.